The minimum Gasteiger partial charge on any atom is -0.308 e. The number of nitrogens with two attached hydrogens (primary N) is 1. The summed E-state index contributed by atoms with van der Waals surface area (Å²) in [6.07, 6.45) is 0.783. The molecule has 0 amide bonds. The molecule has 0 saturated heterocycles. The van der Waals surface area contributed by atoms with Crippen molar-refractivity contribution in [3.05, 3.63) is 28.0 Å². The summed E-state index contributed by atoms with van der Waals surface area (Å²) in [6.45, 7) is 4.04. The molecule has 1 aromatic heterocycles. The van der Waals surface area contributed by atoms with Crippen LogP contribution in [0.5, 0.6) is 0 Å². The van der Waals surface area contributed by atoms with Gasteiger partial charge in [0, 0.05) is 16.3 Å². The van der Waals surface area contributed by atoms with Crippen LogP contribution in [0, 0.1) is 6.92 Å². The second-order valence-electron chi connectivity index (χ2n) is 3.63. The quantitative estimate of drug-likeness (QED) is 0.656. The van der Waals surface area contributed by atoms with E-state index in [0.717, 1.165) is 33.2 Å². The van der Waals surface area contributed by atoms with E-state index in [-0.39, 0.29) is 0 Å². The molecule has 84 valence electrons. The Kier molecular flexibility index (Phi) is 3.07. The molecule has 0 fully saturated rings. The van der Waals surface area contributed by atoms with Crippen molar-refractivity contribution >= 4 is 32.7 Å². The number of nitrogens with one attached hydrogen (secondary N) is 1. The summed E-state index contributed by atoms with van der Waals surface area (Å²) >= 11 is 3.52. The lowest BCUT2D eigenvalue weighted by Crippen LogP contribution is -2.11. The highest BCUT2D eigenvalue weighted by Gasteiger charge is 2.09. The second kappa shape index (κ2) is 4.35. The fourth-order valence-electron chi connectivity index (χ4n) is 1.64. The summed E-state index contributed by atoms with van der Waals surface area (Å²) in [6, 6.07) is 4.06. The zero-order valence-corrected chi connectivity index (χ0v) is 10.8. The van der Waals surface area contributed by atoms with Gasteiger partial charge in [-0.05, 0) is 40.5 Å². The number of hydrazine groups is 1. The number of aromatic nitrogens is 2. The minimum absolute atomic E-state index is 0.672. The number of hydrogen-bond donors (Lipinski definition) is 2. The average molecular weight is 281 g/mol. The first kappa shape index (κ1) is 11.3. The van der Waals surface area contributed by atoms with Gasteiger partial charge in [-0.2, -0.15) is 0 Å². The smallest absolute Gasteiger partial charge is 0.151 e. The summed E-state index contributed by atoms with van der Waals surface area (Å²) in [5.74, 6) is 6.94. The molecule has 0 radical (unpaired) electrons. The number of benzene rings is 1. The van der Waals surface area contributed by atoms with Crippen molar-refractivity contribution in [2.45, 2.75) is 20.3 Å². The van der Waals surface area contributed by atoms with Crippen LogP contribution in [0.2, 0.25) is 0 Å². The predicted molar refractivity (Wildman–Crippen MR) is 69.2 cm³/mol. The van der Waals surface area contributed by atoms with Crippen LogP contribution in [0.3, 0.4) is 0 Å². The highest BCUT2D eigenvalue weighted by atomic mass is 79.9. The van der Waals surface area contributed by atoms with Gasteiger partial charge in [0.1, 0.15) is 5.82 Å². The molecular formula is C11H13BrN4. The van der Waals surface area contributed by atoms with Gasteiger partial charge in [0.05, 0.1) is 5.52 Å². The van der Waals surface area contributed by atoms with Gasteiger partial charge in [0.25, 0.3) is 0 Å². The maximum Gasteiger partial charge on any atom is 0.151 e. The van der Waals surface area contributed by atoms with Crippen LogP contribution < -0.4 is 11.3 Å². The number of hydrogen-bond acceptors (Lipinski definition) is 4. The molecule has 2 rings (SSSR count). The Hall–Kier alpha value is -1.20. The molecule has 0 saturated carbocycles. The molecule has 1 aromatic carbocycles. The molecule has 0 unspecified atom stereocenters. The fourth-order valence-corrected chi connectivity index (χ4v) is 2.30. The number of nitrogens with zero attached hydrogens (tertiary/aromatic N) is 2. The van der Waals surface area contributed by atoms with E-state index in [4.69, 9.17) is 5.84 Å². The third-order valence-electron chi connectivity index (χ3n) is 2.40. The number of anilines is 1. The normalized spacial score (nSPS) is 10.8. The van der Waals surface area contributed by atoms with Gasteiger partial charge in [-0.15, -0.1) is 0 Å². The molecule has 16 heavy (non-hydrogen) atoms. The van der Waals surface area contributed by atoms with Gasteiger partial charge in [0.15, 0.2) is 5.82 Å². The Labute approximate surface area is 102 Å². The van der Waals surface area contributed by atoms with Crippen molar-refractivity contribution in [3.63, 3.8) is 0 Å². The van der Waals surface area contributed by atoms with E-state index in [9.17, 15) is 0 Å². The minimum atomic E-state index is 0.672. The van der Waals surface area contributed by atoms with E-state index in [1.165, 1.54) is 0 Å². The van der Waals surface area contributed by atoms with Crippen LogP contribution in [-0.4, -0.2) is 9.97 Å². The van der Waals surface area contributed by atoms with Gasteiger partial charge in [0.2, 0.25) is 0 Å². The summed E-state index contributed by atoms with van der Waals surface area (Å²) < 4.78 is 0.969. The molecule has 2 aromatic rings. The van der Waals surface area contributed by atoms with Crippen molar-refractivity contribution in [2.75, 3.05) is 5.43 Å². The van der Waals surface area contributed by atoms with Crippen molar-refractivity contribution < 1.29 is 0 Å². The zero-order valence-electron chi connectivity index (χ0n) is 9.21. The molecule has 0 aliphatic rings. The number of halogens is 1. The third kappa shape index (κ3) is 1.88. The number of fused-ring (bicyclic) bond motifs is 1. The molecule has 0 aliphatic carbocycles. The molecule has 5 heteroatoms. The molecule has 0 aliphatic heterocycles. The largest absolute Gasteiger partial charge is 0.308 e. The van der Waals surface area contributed by atoms with Crippen LogP contribution in [0.25, 0.3) is 10.9 Å². The van der Waals surface area contributed by atoms with Crippen molar-refractivity contribution in [3.8, 4) is 0 Å². The molecule has 3 N–H and O–H groups in total. The van der Waals surface area contributed by atoms with Crippen LogP contribution >= 0.6 is 15.9 Å². The maximum atomic E-state index is 5.48. The van der Waals surface area contributed by atoms with Gasteiger partial charge in [-0.25, -0.2) is 15.8 Å². The van der Waals surface area contributed by atoms with E-state index in [1.54, 1.807) is 0 Å². The summed E-state index contributed by atoms with van der Waals surface area (Å²) in [7, 11) is 0. The lowest BCUT2D eigenvalue weighted by Gasteiger charge is -2.09. The van der Waals surface area contributed by atoms with Gasteiger partial charge < -0.3 is 5.43 Å². The first-order valence-corrected chi connectivity index (χ1v) is 5.88. The SMILES string of the molecule is CCc1nc(NN)c2cc(C)cc(Br)c2n1. The lowest BCUT2D eigenvalue weighted by atomic mass is 10.1. The highest BCUT2D eigenvalue weighted by Crippen LogP contribution is 2.28. The monoisotopic (exact) mass is 280 g/mol. The van der Waals surface area contributed by atoms with E-state index in [1.807, 2.05) is 26.0 Å². The first-order valence-electron chi connectivity index (χ1n) is 5.09. The van der Waals surface area contributed by atoms with Gasteiger partial charge in [-0.3, -0.25) is 0 Å². The van der Waals surface area contributed by atoms with Crippen LogP contribution in [-0.2, 0) is 6.42 Å². The maximum absolute atomic E-state index is 5.48. The molecule has 0 bridgehead atoms. The van der Waals surface area contributed by atoms with Crippen LogP contribution in [0.4, 0.5) is 5.82 Å². The predicted octanol–water partition coefficient (Wildman–Crippen LogP) is 2.55. The summed E-state index contributed by atoms with van der Waals surface area (Å²) in [5.41, 5.74) is 4.66. The molecule has 0 spiro atoms. The van der Waals surface area contributed by atoms with E-state index in [0.29, 0.717) is 5.82 Å². The van der Waals surface area contributed by atoms with E-state index in [2.05, 4.69) is 31.3 Å². The number of nitrogen functional groups attached to an aromatic ring is 1. The van der Waals surface area contributed by atoms with Crippen molar-refractivity contribution in [1.29, 1.82) is 0 Å². The van der Waals surface area contributed by atoms with Crippen molar-refractivity contribution in [1.82, 2.24) is 9.97 Å². The Morgan fingerprint density at radius 2 is 2.12 bits per heavy atom. The highest BCUT2D eigenvalue weighted by molar-refractivity contribution is 9.10. The number of aryl methyl sites for hydroxylation is 2. The Morgan fingerprint density at radius 3 is 2.75 bits per heavy atom. The molecule has 4 nitrogen and oxygen atoms in total. The van der Waals surface area contributed by atoms with Gasteiger partial charge >= 0.3 is 0 Å². The van der Waals surface area contributed by atoms with Crippen LogP contribution in [0.15, 0.2) is 16.6 Å². The van der Waals surface area contributed by atoms with Crippen LogP contribution in [0.1, 0.15) is 18.3 Å². The topological polar surface area (TPSA) is 63.8 Å². The zero-order chi connectivity index (χ0) is 11.7. The van der Waals surface area contributed by atoms with Gasteiger partial charge in [-0.1, -0.05) is 6.92 Å². The lowest BCUT2D eigenvalue weighted by molar-refractivity contribution is 0.958. The number of rotatable bonds is 2. The average Bonchev–Trinajstić information content (AvgIpc) is 2.28. The fraction of sp³-hybridized carbons (Fsp3) is 0.273. The standard InChI is InChI=1S/C11H13BrN4/c1-3-9-14-10-7(11(15-9)16-13)4-6(2)5-8(10)12/h4-5H,3,13H2,1-2H3,(H,14,15,16). The second-order valence-corrected chi connectivity index (χ2v) is 4.48. The Balaban J connectivity index is 2.83. The third-order valence-corrected chi connectivity index (χ3v) is 3.00. The summed E-state index contributed by atoms with van der Waals surface area (Å²) in [5, 5.41) is 0.937. The Bertz CT molecular complexity index is 539. The molecule has 0 atom stereocenters. The van der Waals surface area contributed by atoms with E-state index < -0.39 is 0 Å². The molecule has 1 heterocycles. The Morgan fingerprint density at radius 1 is 1.38 bits per heavy atom. The molecular weight excluding hydrogens is 268 g/mol. The first-order chi connectivity index (χ1) is 7.65. The van der Waals surface area contributed by atoms with Crippen molar-refractivity contribution in [2.24, 2.45) is 5.84 Å². The van der Waals surface area contributed by atoms with E-state index >= 15 is 0 Å². The summed E-state index contributed by atoms with van der Waals surface area (Å²) in [4.78, 5) is 8.84.